The van der Waals surface area contributed by atoms with Crippen molar-refractivity contribution in [1.82, 2.24) is 14.5 Å². The highest BCUT2D eigenvalue weighted by atomic mass is 19.1. The highest BCUT2D eigenvalue weighted by molar-refractivity contribution is 6.04. The third-order valence-electron chi connectivity index (χ3n) is 5.23. The van der Waals surface area contributed by atoms with Crippen LogP contribution in [0.2, 0.25) is 0 Å². The second-order valence-corrected chi connectivity index (χ2v) is 7.53. The Bertz CT molecular complexity index is 1130. The van der Waals surface area contributed by atoms with Gasteiger partial charge in [0.05, 0.1) is 31.4 Å². The molecule has 33 heavy (non-hydrogen) atoms. The van der Waals surface area contributed by atoms with Crippen molar-refractivity contribution in [3.05, 3.63) is 72.3 Å². The zero-order chi connectivity index (χ0) is 23.2. The normalized spacial score (nSPS) is 14.1. The molecule has 0 radical (unpaired) electrons. The van der Waals surface area contributed by atoms with Gasteiger partial charge in [-0.15, -0.1) is 0 Å². The zero-order valence-electron chi connectivity index (χ0n) is 17.8. The monoisotopic (exact) mass is 455 g/mol. The average Bonchev–Trinajstić information content (AvgIpc) is 3.31. The number of hydrogen-bond donors (Lipinski definition) is 2. The van der Waals surface area contributed by atoms with Gasteiger partial charge in [0.15, 0.2) is 0 Å². The summed E-state index contributed by atoms with van der Waals surface area (Å²) in [6, 6.07) is 9.54. The van der Waals surface area contributed by atoms with Gasteiger partial charge in [-0.3, -0.25) is 19.1 Å². The van der Waals surface area contributed by atoms with Crippen LogP contribution in [-0.4, -0.2) is 59.1 Å². The second kappa shape index (κ2) is 10.3. The minimum absolute atomic E-state index is 0.0215. The molecular weight excluding hydrogens is 432 g/mol. The predicted octanol–water partition coefficient (Wildman–Crippen LogP) is 3.06. The van der Waals surface area contributed by atoms with Crippen molar-refractivity contribution in [2.45, 2.75) is 6.42 Å². The molecule has 172 valence electrons. The molecule has 1 aliphatic rings. The lowest BCUT2D eigenvalue weighted by Crippen LogP contribution is -2.38. The van der Waals surface area contributed by atoms with Crippen molar-refractivity contribution in [1.29, 1.82) is 0 Å². The molecule has 0 bridgehead atoms. The summed E-state index contributed by atoms with van der Waals surface area (Å²) in [5, 5.41) is 5.24. The quantitative estimate of drug-likeness (QED) is 0.572. The summed E-state index contributed by atoms with van der Waals surface area (Å²) in [6.45, 7) is 3.35. The average molecular weight is 455 g/mol. The van der Waals surface area contributed by atoms with Crippen molar-refractivity contribution >= 4 is 23.2 Å². The topological polar surface area (TPSA) is 88.5 Å². The van der Waals surface area contributed by atoms with Gasteiger partial charge in [-0.2, -0.15) is 0 Å². The van der Waals surface area contributed by atoms with Gasteiger partial charge in [0.1, 0.15) is 17.3 Å². The van der Waals surface area contributed by atoms with E-state index in [1.165, 1.54) is 59.6 Å². The minimum atomic E-state index is -0.607. The number of rotatable bonds is 7. The molecule has 2 heterocycles. The van der Waals surface area contributed by atoms with Gasteiger partial charge < -0.3 is 15.4 Å². The number of hydrogen-bond acceptors (Lipinski definition) is 5. The zero-order valence-corrected chi connectivity index (χ0v) is 17.8. The fourth-order valence-electron chi connectivity index (χ4n) is 3.46. The van der Waals surface area contributed by atoms with E-state index >= 15 is 0 Å². The van der Waals surface area contributed by atoms with Crippen LogP contribution in [0, 0.1) is 11.6 Å². The maximum Gasteiger partial charge on any atom is 0.274 e. The molecule has 10 heteroatoms. The molecule has 1 aromatic heterocycles. The number of nitrogens with one attached hydrogen (secondary N) is 2. The molecule has 0 spiro atoms. The number of carbonyl (C=O) groups is 2. The van der Waals surface area contributed by atoms with Gasteiger partial charge in [-0.05, 0) is 42.5 Å². The van der Waals surface area contributed by atoms with Crippen LogP contribution < -0.4 is 10.6 Å². The Morgan fingerprint density at radius 3 is 2.55 bits per heavy atom. The minimum Gasteiger partial charge on any atom is -0.379 e. The lowest BCUT2D eigenvalue weighted by atomic mass is 10.2. The van der Waals surface area contributed by atoms with E-state index in [-0.39, 0.29) is 23.7 Å². The van der Waals surface area contributed by atoms with Crippen LogP contribution in [0.3, 0.4) is 0 Å². The number of amides is 2. The van der Waals surface area contributed by atoms with Crippen molar-refractivity contribution in [3.63, 3.8) is 0 Å². The lowest BCUT2D eigenvalue weighted by Gasteiger charge is -2.26. The highest BCUT2D eigenvalue weighted by Crippen LogP contribution is 2.21. The molecule has 2 aromatic carbocycles. The number of ether oxygens (including phenoxy) is 1. The van der Waals surface area contributed by atoms with Crippen molar-refractivity contribution in [2.75, 3.05) is 43.5 Å². The summed E-state index contributed by atoms with van der Waals surface area (Å²) in [4.78, 5) is 31.2. The van der Waals surface area contributed by atoms with Crippen LogP contribution in [0.5, 0.6) is 0 Å². The van der Waals surface area contributed by atoms with Gasteiger partial charge >= 0.3 is 0 Å². The van der Waals surface area contributed by atoms with E-state index in [0.717, 1.165) is 13.1 Å². The summed E-state index contributed by atoms with van der Waals surface area (Å²) >= 11 is 0. The number of imidazole rings is 1. The summed E-state index contributed by atoms with van der Waals surface area (Å²) < 4.78 is 34.2. The fourth-order valence-corrected chi connectivity index (χ4v) is 3.46. The SMILES string of the molecule is O=C(CCN1CCOCC1)Nc1cc(NC(=O)c2cncn2-c2ccc(F)cc2)ccc1F. The highest BCUT2D eigenvalue weighted by Gasteiger charge is 2.16. The first kappa shape index (κ1) is 22.6. The van der Waals surface area contributed by atoms with Gasteiger partial charge in [0.2, 0.25) is 5.91 Å². The van der Waals surface area contributed by atoms with E-state index in [0.29, 0.717) is 31.1 Å². The number of aromatic nitrogens is 2. The van der Waals surface area contributed by atoms with Crippen LogP contribution in [0.1, 0.15) is 16.9 Å². The molecule has 0 aliphatic carbocycles. The predicted molar refractivity (Wildman–Crippen MR) is 118 cm³/mol. The van der Waals surface area contributed by atoms with Crippen LogP contribution in [0.15, 0.2) is 55.0 Å². The molecule has 2 N–H and O–H groups in total. The number of nitrogens with zero attached hydrogens (tertiary/aromatic N) is 3. The molecule has 0 atom stereocenters. The third kappa shape index (κ3) is 5.79. The molecule has 1 saturated heterocycles. The lowest BCUT2D eigenvalue weighted by molar-refractivity contribution is -0.116. The van der Waals surface area contributed by atoms with E-state index in [2.05, 4.69) is 20.5 Å². The van der Waals surface area contributed by atoms with Crippen molar-refractivity contribution in [2.24, 2.45) is 0 Å². The van der Waals surface area contributed by atoms with Crippen molar-refractivity contribution < 1.29 is 23.1 Å². The summed E-state index contributed by atoms with van der Waals surface area (Å²) in [6.07, 6.45) is 3.02. The smallest absolute Gasteiger partial charge is 0.274 e. The molecule has 1 fully saturated rings. The second-order valence-electron chi connectivity index (χ2n) is 7.53. The van der Waals surface area contributed by atoms with Gasteiger partial charge in [-0.25, -0.2) is 13.8 Å². The van der Waals surface area contributed by atoms with Gasteiger partial charge in [-0.1, -0.05) is 0 Å². The molecule has 2 amide bonds. The summed E-state index contributed by atoms with van der Waals surface area (Å²) in [5.74, 6) is -1.81. The molecule has 4 rings (SSSR count). The number of halogens is 2. The molecule has 3 aromatic rings. The fraction of sp³-hybridized carbons (Fsp3) is 0.261. The first-order valence-corrected chi connectivity index (χ1v) is 10.5. The Labute approximate surface area is 189 Å². The van der Waals surface area contributed by atoms with E-state index in [1.54, 1.807) is 0 Å². The molecule has 8 nitrogen and oxygen atoms in total. The van der Waals surface area contributed by atoms with Gasteiger partial charge in [0.25, 0.3) is 5.91 Å². The summed E-state index contributed by atoms with van der Waals surface area (Å²) in [5.41, 5.74) is 1.05. The van der Waals surface area contributed by atoms with Crippen LogP contribution in [0.25, 0.3) is 5.69 Å². The van der Waals surface area contributed by atoms with Gasteiger partial charge in [0, 0.05) is 37.4 Å². The van der Waals surface area contributed by atoms with E-state index < -0.39 is 17.5 Å². The van der Waals surface area contributed by atoms with Crippen LogP contribution in [0.4, 0.5) is 20.2 Å². The third-order valence-corrected chi connectivity index (χ3v) is 5.23. The van der Waals surface area contributed by atoms with Crippen LogP contribution >= 0.6 is 0 Å². The molecule has 0 unspecified atom stereocenters. The first-order valence-electron chi connectivity index (χ1n) is 10.5. The largest absolute Gasteiger partial charge is 0.379 e. The Balaban J connectivity index is 1.40. The standard InChI is InChI=1S/C23H23F2N5O3/c24-16-1-4-18(5-2-16)30-15-26-14-21(30)23(32)27-17-3-6-19(25)20(13-17)28-22(31)7-8-29-9-11-33-12-10-29/h1-6,13-15H,7-12H2,(H,27,32)(H,28,31). The Morgan fingerprint density at radius 1 is 1.03 bits per heavy atom. The van der Waals surface area contributed by atoms with Crippen molar-refractivity contribution in [3.8, 4) is 5.69 Å². The molecule has 0 saturated carbocycles. The number of carbonyl (C=O) groups excluding carboxylic acids is 2. The Kier molecular flexibility index (Phi) is 7.06. The van der Waals surface area contributed by atoms with Crippen LogP contribution in [-0.2, 0) is 9.53 Å². The van der Waals surface area contributed by atoms with E-state index in [9.17, 15) is 18.4 Å². The summed E-state index contributed by atoms with van der Waals surface area (Å²) in [7, 11) is 0. The molecular formula is C23H23F2N5O3. The van der Waals surface area contributed by atoms with E-state index in [1.807, 2.05) is 0 Å². The number of benzene rings is 2. The Morgan fingerprint density at radius 2 is 1.79 bits per heavy atom. The maximum absolute atomic E-state index is 14.3. The first-order chi connectivity index (χ1) is 16.0. The molecule has 1 aliphatic heterocycles. The Hall–Kier alpha value is -3.63. The number of anilines is 2. The maximum atomic E-state index is 14.3. The number of morpholine rings is 1. The van der Waals surface area contributed by atoms with E-state index in [4.69, 9.17) is 4.74 Å².